The molecule has 2 rings (SSSR count). The highest BCUT2D eigenvalue weighted by molar-refractivity contribution is 6.00. The maximum Gasteiger partial charge on any atom is 0.270 e. The molecule has 0 bridgehead atoms. The topological polar surface area (TPSA) is 84.7 Å². The quantitative estimate of drug-likeness (QED) is 0.677. The van der Waals surface area contributed by atoms with Crippen LogP contribution in [0, 0.1) is 10.1 Å². The van der Waals surface area contributed by atoms with Gasteiger partial charge in [-0.2, -0.15) is 0 Å². The third-order valence-electron chi connectivity index (χ3n) is 3.78. The largest absolute Gasteiger partial charge is 0.387 e. The molecular formula is C14H19N3O4. The van der Waals surface area contributed by atoms with Gasteiger partial charge in [0.15, 0.2) is 0 Å². The second-order valence-corrected chi connectivity index (χ2v) is 4.96. The number of amides is 1. The highest BCUT2D eigenvalue weighted by atomic mass is 16.6. The smallest absolute Gasteiger partial charge is 0.270 e. The van der Waals surface area contributed by atoms with E-state index in [0.717, 1.165) is 12.8 Å². The number of hydrogen-bond acceptors (Lipinski definition) is 5. The van der Waals surface area contributed by atoms with Gasteiger partial charge in [0.1, 0.15) is 0 Å². The lowest BCUT2D eigenvalue weighted by Gasteiger charge is -2.31. The second kappa shape index (κ2) is 6.53. The van der Waals surface area contributed by atoms with Crippen molar-refractivity contribution in [1.82, 2.24) is 4.90 Å². The van der Waals surface area contributed by atoms with Crippen LogP contribution in [0.15, 0.2) is 18.2 Å². The molecule has 0 unspecified atom stereocenters. The van der Waals surface area contributed by atoms with Gasteiger partial charge in [-0.1, -0.05) is 0 Å². The normalized spacial score (nSPS) is 15.8. The Morgan fingerprint density at radius 3 is 2.62 bits per heavy atom. The van der Waals surface area contributed by atoms with Crippen molar-refractivity contribution in [3.63, 3.8) is 0 Å². The Bertz CT molecular complexity index is 539. The monoisotopic (exact) mass is 293 g/mol. The van der Waals surface area contributed by atoms with Crippen LogP contribution in [0.1, 0.15) is 23.2 Å². The number of ether oxygens (including phenoxy) is 1. The number of nitro benzene ring substituents is 1. The summed E-state index contributed by atoms with van der Waals surface area (Å²) in [5, 5.41) is 13.8. The van der Waals surface area contributed by atoms with E-state index >= 15 is 0 Å². The highest BCUT2D eigenvalue weighted by Gasteiger charge is 2.26. The first-order valence-electron chi connectivity index (χ1n) is 6.85. The number of rotatable bonds is 4. The number of hydrogen-bond donors (Lipinski definition) is 1. The Morgan fingerprint density at radius 2 is 2.10 bits per heavy atom. The van der Waals surface area contributed by atoms with Gasteiger partial charge in [-0.15, -0.1) is 0 Å². The molecule has 0 aliphatic carbocycles. The Labute approximate surface area is 123 Å². The summed E-state index contributed by atoms with van der Waals surface area (Å²) in [7, 11) is 3.36. The van der Waals surface area contributed by atoms with Crippen LogP contribution in [-0.4, -0.2) is 49.1 Å². The summed E-state index contributed by atoms with van der Waals surface area (Å²) >= 11 is 0. The first kappa shape index (κ1) is 15.2. The van der Waals surface area contributed by atoms with Crippen molar-refractivity contribution in [2.24, 2.45) is 0 Å². The molecule has 1 amide bonds. The zero-order valence-electron chi connectivity index (χ0n) is 12.2. The number of benzene rings is 1. The molecule has 1 aliphatic rings. The number of carbonyl (C=O) groups is 1. The molecule has 0 radical (unpaired) electrons. The SMILES string of the molecule is CNc1ccc([N+](=O)[O-])cc1C(=O)N1CCC(OC)CC1. The predicted octanol–water partition coefficient (Wildman–Crippen LogP) is 1.89. The van der Waals surface area contributed by atoms with Crippen LogP contribution in [0.5, 0.6) is 0 Å². The van der Waals surface area contributed by atoms with Gasteiger partial charge < -0.3 is 15.0 Å². The minimum absolute atomic E-state index is 0.0795. The van der Waals surface area contributed by atoms with Gasteiger partial charge in [-0.25, -0.2) is 0 Å². The average Bonchev–Trinajstić information content (AvgIpc) is 2.53. The van der Waals surface area contributed by atoms with E-state index in [1.807, 2.05) is 0 Å². The number of nitro groups is 1. The van der Waals surface area contributed by atoms with Crippen molar-refractivity contribution in [3.05, 3.63) is 33.9 Å². The molecule has 7 nitrogen and oxygen atoms in total. The summed E-state index contributed by atoms with van der Waals surface area (Å²) in [5.74, 6) is -0.183. The number of anilines is 1. The number of methoxy groups -OCH3 is 1. The number of carbonyl (C=O) groups excluding carboxylic acids is 1. The van der Waals surface area contributed by atoms with Crippen molar-refractivity contribution < 1.29 is 14.5 Å². The lowest BCUT2D eigenvalue weighted by Crippen LogP contribution is -2.40. The van der Waals surface area contributed by atoms with E-state index in [4.69, 9.17) is 4.74 Å². The Hall–Kier alpha value is -2.15. The zero-order chi connectivity index (χ0) is 15.4. The summed E-state index contributed by atoms with van der Waals surface area (Å²) < 4.78 is 5.28. The second-order valence-electron chi connectivity index (χ2n) is 4.96. The van der Waals surface area contributed by atoms with E-state index in [9.17, 15) is 14.9 Å². The predicted molar refractivity (Wildman–Crippen MR) is 78.6 cm³/mol. The molecule has 7 heteroatoms. The molecule has 0 saturated carbocycles. The van der Waals surface area contributed by atoms with Crippen LogP contribution in [-0.2, 0) is 4.74 Å². The molecule has 0 spiro atoms. The third kappa shape index (κ3) is 3.30. The van der Waals surface area contributed by atoms with Crippen molar-refractivity contribution in [2.75, 3.05) is 32.6 Å². The van der Waals surface area contributed by atoms with E-state index in [2.05, 4.69) is 5.32 Å². The standard InChI is InChI=1S/C14H19N3O4/c1-15-13-4-3-10(17(19)20)9-12(13)14(18)16-7-5-11(21-2)6-8-16/h3-4,9,11,15H,5-8H2,1-2H3. The summed E-state index contributed by atoms with van der Waals surface area (Å²) in [6.07, 6.45) is 1.75. The van der Waals surface area contributed by atoms with Gasteiger partial charge in [0, 0.05) is 45.1 Å². The van der Waals surface area contributed by atoms with Gasteiger partial charge in [-0.3, -0.25) is 14.9 Å². The molecule has 1 fully saturated rings. The zero-order valence-corrected chi connectivity index (χ0v) is 12.2. The lowest BCUT2D eigenvalue weighted by atomic mass is 10.0. The van der Waals surface area contributed by atoms with Crippen molar-refractivity contribution >= 4 is 17.3 Å². The molecule has 1 aromatic rings. The maximum atomic E-state index is 12.6. The Kier molecular flexibility index (Phi) is 4.74. The van der Waals surface area contributed by atoms with E-state index < -0.39 is 4.92 Å². The van der Waals surface area contributed by atoms with Crippen molar-refractivity contribution in [2.45, 2.75) is 18.9 Å². The van der Waals surface area contributed by atoms with E-state index in [-0.39, 0.29) is 17.7 Å². The molecule has 0 aromatic heterocycles. The average molecular weight is 293 g/mol. The molecule has 114 valence electrons. The fourth-order valence-corrected chi connectivity index (χ4v) is 2.51. The van der Waals surface area contributed by atoms with Crippen LogP contribution in [0.25, 0.3) is 0 Å². The summed E-state index contributed by atoms with van der Waals surface area (Å²) in [6.45, 7) is 1.20. The van der Waals surface area contributed by atoms with Crippen LogP contribution in [0.4, 0.5) is 11.4 Å². The molecule has 1 aromatic carbocycles. The fourth-order valence-electron chi connectivity index (χ4n) is 2.51. The number of piperidine rings is 1. The minimum Gasteiger partial charge on any atom is -0.387 e. The highest BCUT2D eigenvalue weighted by Crippen LogP contribution is 2.25. The fraction of sp³-hybridized carbons (Fsp3) is 0.500. The first-order chi connectivity index (χ1) is 10.1. The molecular weight excluding hydrogens is 274 g/mol. The van der Waals surface area contributed by atoms with Crippen molar-refractivity contribution in [3.8, 4) is 0 Å². The van der Waals surface area contributed by atoms with Gasteiger partial charge >= 0.3 is 0 Å². The molecule has 1 saturated heterocycles. The Balaban J connectivity index is 2.22. The first-order valence-corrected chi connectivity index (χ1v) is 6.85. The number of non-ortho nitro benzene ring substituents is 1. The summed E-state index contributed by atoms with van der Waals surface area (Å²) in [5.41, 5.74) is 0.853. The molecule has 1 N–H and O–H groups in total. The molecule has 1 aliphatic heterocycles. The van der Waals surface area contributed by atoms with Gasteiger partial charge in [0.2, 0.25) is 0 Å². The number of nitrogens with zero attached hydrogens (tertiary/aromatic N) is 2. The summed E-state index contributed by atoms with van der Waals surface area (Å²) in [6, 6.07) is 4.28. The molecule has 1 heterocycles. The van der Waals surface area contributed by atoms with Crippen LogP contribution >= 0.6 is 0 Å². The van der Waals surface area contributed by atoms with Crippen LogP contribution < -0.4 is 5.32 Å². The van der Waals surface area contributed by atoms with Crippen LogP contribution in [0.3, 0.4) is 0 Å². The van der Waals surface area contributed by atoms with E-state index in [1.54, 1.807) is 25.1 Å². The van der Waals surface area contributed by atoms with E-state index in [0.29, 0.717) is 24.3 Å². The maximum absolute atomic E-state index is 12.6. The van der Waals surface area contributed by atoms with Gasteiger partial charge in [0.25, 0.3) is 11.6 Å². The van der Waals surface area contributed by atoms with Gasteiger partial charge in [0.05, 0.1) is 16.6 Å². The lowest BCUT2D eigenvalue weighted by molar-refractivity contribution is -0.384. The Morgan fingerprint density at radius 1 is 1.43 bits per heavy atom. The van der Waals surface area contributed by atoms with E-state index in [1.165, 1.54) is 12.1 Å². The van der Waals surface area contributed by atoms with Gasteiger partial charge in [-0.05, 0) is 18.9 Å². The molecule has 21 heavy (non-hydrogen) atoms. The minimum atomic E-state index is -0.493. The van der Waals surface area contributed by atoms with Crippen LogP contribution in [0.2, 0.25) is 0 Å². The summed E-state index contributed by atoms with van der Waals surface area (Å²) in [4.78, 5) is 24.7. The third-order valence-corrected chi connectivity index (χ3v) is 3.78. The number of nitrogens with one attached hydrogen (secondary N) is 1. The number of likely N-dealkylation sites (tertiary alicyclic amines) is 1. The van der Waals surface area contributed by atoms with Crippen molar-refractivity contribution in [1.29, 1.82) is 0 Å². The molecule has 0 atom stereocenters.